The molecule has 2 rings (SSSR count). The predicted octanol–water partition coefficient (Wildman–Crippen LogP) is 1.71. The normalized spacial score (nSPS) is 10.2. The van der Waals surface area contributed by atoms with Gasteiger partial charge in [-0.1, -0.05) is 0 Å². The standard InChI is InChI=1S/C13H15N3O2/c1-15(10-4-6-11(18-3)7-5-10)13(17)12-8-9-14-16(12)2/h4-9H,1-3H3. The number of benzene rings is 1. The van der Waals surface area contributed by atoms with E-state index in [1.807, 2.05) is 24.3 Å². The third-order valence-electron chi connectivity index (χ3n) is 2.80. The Kier molecular flexibility index (Phi) is 3.32. The quantitative estimate of drug-likeness (QED) is 0.827. The van der Waals surface area contributed by atoms with E-state index in [9.17, 15) is 4.79 Å². The average Bonchev–Trinajstić information content (AvgIpc) is 2.83. The molecule has 0 bridgehead atoms. The van der Waals surface area contributed by atoms with Crippen LogP contribution in [0.1, 0.15) is 10.5 Å². The minimum Gasteiger partial charge on any atom is -0.497 e. The Morgan fingerprint density at radius 1 is 1.28 bits per heavy atom. The number of anilines is 1. The van der Waals surface area contributed by atoms with E-state index < -0.39 is 0 Å². The number of carbonyl (C=O) groups excluding carboxylic acids is 1. The van der Waals surface area contributed by atoms with Crippen molar-refractivity contribution in [2.45, 2.75) is 0 Å². The molecule has 0 fully saturated rings. The summed E-state index contributed by atoms with van der Waals surface area (Å²) in [5.74, 6) is 0.667. The number of aromatic nitrogens is 2. The Labute approximate surface area is 106 Å². The Morgan fingerprint density at radius 3 is 2.44 bits per heavy atom. The van der Waals surface area contributed by atoms with Crippen molar-refractivity contribution in [2.24, 2.45) is 7.05 Å². The molecule has 0 aliphatic heterocycles. The van der Waals surface area contributed by atoms with E-state index in [0.717, 1.165) is 11.4 Å². The van der Waals surface area contributed by atoms with E-state index >= 15 is 0 Å². The number of amides is 1. The molecule has 0 spiro atoms. The second-order valence-corrected chi connectivity index (χ2v) is 3.90. The molecule has 0 saturated heterocycles. The summed E-state index contributed by atoms with van der Waals surface area (Å²) in [5, 5.41) is 3.99. The Balaban J connectivity index is 2.23. The summed E-state index contributed by atoms with van der Waals surface area (Å²) in [6, 6.07) is 9.02. The van der Waals surface area contributed by atoms with Crippen LogP contribution in [-0.4, -0.2) is 29.8 Å². The minimum absolute atomic E-state index is 0.0971. The summed E-state index contributed by atoms with van der Waals surface area (Å²) < 4.78 is 6.64. The van der Waals surface area contributed by atoms with Gasteiger partial charge in [-0.15, -0.1) is 0 Å². The molecule has 18 heavy (non-hydrogen) atoms. The van der Waals surface area contributed by atoms with Crippen molar-refractivity contribution in [3.05, 3.63) is 42.2 Å². The molecular formula is C13H15N3O2. The molecule has 0 aliphatic rings. The smallest absolute Gasteiger partial charge is 0.276 e. The van der Waals surface area contributed by atoms with Crippen LogP contribution in [0.5, 0.6) is 5.75 Å². The highest BCUT2D eigenvalue weighted by Crippen LogP contribution is 2.19. The van der Waals surface area contributed by atoms with Gasteiger partial charge in [0.25, 0.3) is 5.91 Å². The summed E-state index contributed by atoms with van der Waals surface area (Å²) in [6.45, 7) is 0. The first-order valence-electron chi connectivity index (χ1n) is 5.53. The number of aryl methyl sites for hydroxylation is 1. The molecule has 2 aromatic rings. The molecule has 94 valence electrons. The predicted molar refractivity (Wildman–Crippen MR) is 68.9 cm³/mol. The molecule has 5 heteroatoms. The molecule has 1 aromatic carbocycles. The summed E-state index contributed by atoms with van der Waals surface area (Å²) in [6.07, 6.45) is 1.61. The van der Waals surface area contributed by atoms with Gasteiger partial charge in [-0.3, -0.25) is 9.48 Å². The highest BCUT2D eigenvalue weighted by Gasteiger charge is 2.16. The number of hydrogen-bond donors (Lipinski definition) is 0. The maximum absolute atomic E-state index is 12.2. The molecule has 0 unspecified atom stereocenters. The molecule has 1 aromatic heterocycles. The SMILES string of the molecule is COc1ccc(N(C)C(=O)c2ccnn2C)cc1. The highest BCUT2D eigenvalue weighted by atomic mass is 16.5. The van der Waals surface area contributed by atoms with E-state index in [-0.39, 0.29) is 5.91 Å². The summed E-state index contributed by atoms with van der Waals surface area (Å²) in [4.78, 5) is 13.8. The van der Waals surface area contributed by atoms with E-state index in [2.05, 4.69) is 5.10 Å². The van der Waals surface area contributed by atoms with Crippen molar-refractivity contribution in [1.29, 1.82) is 0 Å². The van der Waals surface area contributed by atoms with Gasteiger partial charge in [0.2, 0.25) is 0 Å². The number of carbonyl (C=O) groups is 1. The van der Waals surface area contributed by atoms with E-state index in [1.165, 1.54) is 0 Å². The lowest BCUT2D eigenvalue weighted by Gasteiger charge is -2.17. The van der Waals surface area contributed by atoms with Crippen molar-refractivity contribution >= 4 is 11.6 Å². The van der Waals surface area contributed by atoms with Crippen LogP contribution in [0.2, 0.25) is 0 Å². The van der Waals surface area contributed by atoms with E-state index in [1.54, 1.807) is 43.1 Å². The zero-order valence-electron chi connectivity index (χ0n) is 10.6. The lowest BCUT2D eigenvalue weighted by atomic mass is 10.2. The third kappa shape index (κ3) is 2.20. The molecule has 5 nitrogen and oxygen atoms in total. The molecular weight excluding hydrogens is 230 g/mol. The van der Waals surface area contributed by atoms with Crippen LogP contribution in [0, 0.1) is 0 Å². The fourth-order valence-corrected chi connectivity index (χ4v) is 1.68. The van der Waals surface area contributed by atoms with E-state index in [4.69, 9.17) is 4.74 Å². The van der Waals surface area contributed by atoms with Crippen molar-refractivity contribution in [1.82, 2.24) is 9.78 Å². The zero-order valence-corrected chi connectivity index (χ0v) is 10.6. The maximum Gasteiger partial charge on any atom is 0.276 e. The van der Waals surface area contributed by atoms with Crippen LogP contribution >= 0.6 is 0 Å². The Hall–Kier alpha value is -2.30. The molecule has 0 aliphatic carbocycles. The summed E-state index contributed by atoms with van der Waals surface area (Å²) in [7, 11) is 5.09. The van der Waals surface area contributed by atoms with Gasteiger partial charge in [0.05, 0.1) is 7.11 Å². The highest BCUT2D eigenvalue weighted by molar-refractivity contribution is 6.04. The van der Waals surface area contributed by atoms with Gasteiger partial charge >= 0.3 is 0 Å². The van der Waals surface area contributed by atoms with Gasteiger partial charge in [-0.2, -0.15) is 5.10 Å². The number of methoxy groups -OCH3 is 1. The monoisotopic (exact) mass is 245 g/mol. The van der Waals surface area contributed by atoms with Gasteiger partial charge in [0, 0.05) is 26.0 Å². The summed E-state index contributed by atoms with van der Waals surface area (Å²) >= 11 is 0. The first-order chi connectivity index (χ1) is 8.63. The maximum atomic E-state index is 12.2. The second-order valence-electron chi connectivity index (χ2n) is 3.90. The zero-order chi connectivity index (χ0) is 13.1. The van der Waals surface area contributed by atoms with Crippen LogP contribution in [0.3, 0.4) is 0 Å². The van der Waals surface area contributed by atoms with Crippen LogP contribution in [-0.2, 0) is 7.05 Å². The lowest BCUT2D eigenvalue weighted by molar-refractivity contribution is 0.0984. The van der Waals surface area contributed by atoms with Crippen LogP contribution < -0.4 is 9.64 Å². The number of hydrogen-bond acceptors (Lipinski definition) is 3. The van der Waals surface area contributed by atoms with Crippen LogP contribution in [0.25, 0.3) is 0 Å². The molecule has 0 atom stereocenters. The van der Waals surface area contributed by atoms with Crippen molar-refractivity contribution in [2.75, 3.05) is 19.1 Å². The Bertz CT molecular complexity index is 546. The lowest BCUT2D eigenvalue weighted by Crippen LogP contribution is -2.28. The first kappa shape index (κ1) is 12.2. The van der Waals surface area contributed by atoms with Gasteiger partial charge < -0.3 is 9.64 Å². The van der Waals surface area contributed by atoms with Gasteiger partial charge in [-0.05, 0) is 30.3 Å². The summed E-state index contributed by atoms with van der Waals surface area (Å²) in [5.41, 5.74) is 1.36. The second kappa shape index (κ2) is 4.91. The Morgan fingerprint density at radius 2 is 1.94 bits per heavy atom. The van der Waals surface area contributed by atoms with Crippen molar-refractivity contribution in [3.8, 4) is 5.75 Å². The van der Waals surface area contributed by atoms with Crippen molar-refractivity contribution in [3.63, 3.8) is 0 Å². The largest absolute Gasteiger partial charge is 0.497 e. The molecule has 1 amide bonds. The fourth-order valence-electron chi connectivity index (χ4n) is 1.68. The average molecular weight is 245 g/mol. The van der Waals surface area contributed by atoms with E-state index in [0.29, 0.717) is 5.69 Å². The van der Waals surface area contributed by atoms with Gasteiger partial charge in [0.1, 0.15) is 11.4 Å². The molecule has 0 saturated carbocycles. The van der Waals surface area contributed by atoms with Crippen LogP contribution in [0.4, 0.5) is 5.69 Å². The fraction of sp³-hybridized carbons (Fsp3) is 0.231. The number of ether oxygens (including phenoxy) is 1. The first-order valence-corrected chi connectivity index (χ1v) is 5.53. The molecule has 1 heterocycles. The topological polar surface area (TPSA) is 47.4 Å². The molecule has 0 N–H and O–H groups in total. The minimum atomic E-state index is -0.0971. The molecule has 0 radical (unpaired) electrons. The van der Waals surface area contributed by atoms with Gasteiger partial charge in [-0.25, -0.2) is 0 Å². The van der Waals surface area contributed by atoms with Crippen LogP contribution in [0.15, 0.2) is 36.5 Å². The van der Waals surface area contributed by atoms with Gasteiger partial charge in [0.15, 0.2) is 0 Å². The number of nitrogens with zero attached hydrogens (tertiary/aromatic N) is 3. The number of rotatable bonds is 3. The van der Waals surface area contributed by atoms with Crippen molar-refractivity contribution < 1.29 is 9.53 Å². The third-order valence-corrected chi connectivity index (χ3v) is 2.80.